The first-order valence-corrected chi connectivity index (χ1v) is 8.57. The number of fused-ring (bicyclic) bond motifs is 2. The second-order valence-corrected chi connectivity index (χ2v) is 6.85. The van der Waals surface area contributed by atoms with Crippen LogP contribution in [0, 0.1) is 20.8 Å². The fourth-order valence-corrected chi connectivity index (χ4v) is 3.72. The lowest BCUT2D eigenvalue weighted by Gasteiger charge is -2.40. The van der Waals surface area contributed by atoms with Crippen molar-refractivity contribution < 1.29 is 9.47 Å². The molecule has 0 saturated carbocycles. The molecule has 0 unspecified atom stereocenters. The van der Waals surface area contributed by atoms with Gasteiger partial charge in [-0.05, 0) is 50.6 Å². The average Bonchev–Trinajstić information content (AvgIpc) is 2.61. The first-order chi connectivity index (χ1) is 12.0. The van der Waals surface area contributed by atoms with E-state index in [0.717, 1.165) is 28.2 Å². The highest BCUT2D eigenvalue weighted by Crippen LogP contribution is 2.52. The molecule has 3 aromatic rings. The van der Waals surface area contributed by atoms with Gasteiger partial charge in [0.25, 0.3) is 0 Å². The van der Waals surface area contributed by atoms with Crippen LogP contribution in [0.2, 0.25) is 0 Å². The molecule has 0 amide bonds. The highest BCUT2D eigenvalue weighted by Gasteiger charge is 2.44. The molecule has 2 nitrogen and oxygen atoms in total. The van der Waals surface area contributed by atoms with Gasteiger partial charge >= 0.3 is 0 Å². The third kappa shape index (κ3) is 2.37. The standard InChI is InChI=1S/C23H22O2/c1-15-5-9-18(10-6-15)23(24-4)19-13-16(2)7-11-21(19)25-22-12-8-17(3)14-20(22)23/h5-14H,1-4H3. The van der Waals surface area contributed by atoms with Crippen molar-refractivity contribution in [3.05, 3.63) is 94.0 Å². The fraction of sp³-hybridized carbons (Fsp3) is 0.217. The first kappa shape index (κ1) is 15.9. The normalized spacial score (nSPS) is 14.4. The molecule has 1 aliphatic rings. The van der Waals surface area contributed by atoms with Gasteiger partial charge in [-0.1, -0.05) is 53.1 Å². The highest BCUT2D eigenvalue weighted by atomic mass is 16.5. The Hall–Kier alpha value is -2.58. The van der Waals surface area contributed by atoms with Gasteiger partial charge in [-0.2, -0.15) is 0 Å². The Kier molecular flexibility index (Phi) is 3.66. The van der Waals surface area contributed by atoms with Crippen LogP contribution in [0.25, 0.3) is 0 Å². The number of benzene rings is 3. The van der Waals surface area contributed by atoms with Gasteiger partial charge in [-0.25, -0.2) is 0 Å². The molecule has 0 atom stereocenters. The predicted octanol–water partition coefficient (Wildman–Crippen LogP) is 5.66. The smallest absolute Gasteiger partial charge is 0.150 e. The molecule has 25 heavy (non-hydrogen) atoms. The summed E-state index contributed by atoms with van der Waals surface area (Å²) in [6, 6.07) is 21.2. The van der Waals surface area contributed by atoms with Gasteiger partial charge < -0.3 is 9.47 Å². The van der Waals surface area contributed by atoms with E-state index < -0.39 is 5.60 Å². The average molecular weight is 330 g/mol. The second-order valence-electron chi connectivity index (χ2n) is 6.85. The number of hydrogen-bond donors (Lipinski definition) is 0. The van der Waals surface area contributed by atoms with Crippen LogP contribution in [0.3, 0.4) is 0 Å². The molecule has 3 aromatic carbocycles. The third-order valence-corrected chi connectivity index (χ3v) is 5.01. The fourth-order valence-electron chi connectivity index (χ4n) is 3.72. The van der Waals surface area contributed by atoms with Crippen molar-refractivity contribution in [2.24, 2.45) is 0 Å². The van der Waals surface area contributed by atoms with Crippen LogP contribution in [0.1, 0.15) is 33.4 Å². The maximum absolute atomic E-state index is 6.29. The Morgan fingerprint density at radius 1 is 0.680 bits per heavy atom. The number of aryl methyl sites for hydroxylation is 3. The molecular weight excluding hydrogens is 308 g/mol. The lowest BCUT2D eigenvalue weighted by Crippen LogP contribution is -2.35. The molecule has 0 spiro atoms. The summed E-state index contributed by atoms with van der Waals surface area (Å²) in [5.74, 6) is 1.70. The summed E-state index contributed by atoms with van der Waals surface area (Å²) in [4.78, 5) is 0. The molecular formula is C23H22O2. The molecule has 0 bridgehead atoms. The summed E-state index contributed by atoms with van der Waals surface area (Å²) in [5, 5.41) is 0. The van der Waals surface area contributed by atoms with Gasteiger partial charge in [-0.15, -0.1) is 0 Å². The van der Waals surface area contributed by atoms with Gasteiger partial charge in [0, 0.05) is 18.2 Å². The van der Waals surface area contributed by atoms with E-state index in [1.54, 1.807) is 7.11 Å². The molecule has 0 N–H and O–H groups in total. The molecule has 0 radical (unpaired) electrons. The zero-order valence-electron chi connectivity index (χ0n) is 15.1. The summed E-state index contributed by atoms with van der Waals surface area (Å²) in [6.07, 6.45) is 0. The van der Waals surface area contributed by atoms with Crippen LogP contribution >= 0.6 is 0 Å². The number of ether oxygens (including phenoxy) is 2. The molecule has 4 rings (SSSR count). The lowest BCUT2D eigenvalue weighted by molar-refractivity contribution is 0.0498. The SMILES string of the molecule is COC1(c2ccc(C)cc2)c2cc(C)ccc2Oc2ccc(C)cc21. The Balaban J connectivity index is 2.09. The van der Waals surface area contributed by atoms with E-state index in [4.69, 9.17) is 9.47 Å². The summed E-state index contributed by atoms with van der Waals surface area (Å²) in [6.45, 7) is 6.30. The monoisotopic (exact) mass is 330 g/mol. The minimum absolute atomic E-state index is 0.672. The Morgan fingerprint density at radius 2 is 1.16 bits per heavy atom. The van der Waals surface area contributed by atoms with Crippen molar-refractivity contribution in [3.8, 4) is 11.5 Å². The Bertz CT molecular complexity index is 887. The number of rotatable bonds is 2. The van der Waals surface area contributed by atoms with Crippen LogP contribution < -0.4 is 4.74 Å². The van der Waals surface area contributed by atoms with Crippen molar-refractivity contribution in [2.45, 2.75) is 26.4 Å². The maximum Gasteiger partial charge on any atom is 0.150 e. The Morgan fingerprint density at radius 3 is 1.64 bits per heavy atom. The van der Waals surface area contributed by atoms with Gasteiger partial charge in [-0.3, -0.25) is 0 Å². The zero-order valence-corrected chi connectivity index (χ0v) is 15.1. The van der Waals surface area contributed by atoms with E-state index in [-0.39, 0.29) is 0 Å². The van der Waals surface area contributed by atoms with Crippen molar-refractivity contribution >= 4 is 0 Å². The number of methoxy groups -OCH3 is 1. The minimum Gasteiger partial charge on any atom is -0.457 e. The van der Waals surface area contributed by atoms with E-state index in [9.17, 15) is 0 Å². The zero-order chi connectivity index (χ0) is 17.6. The van der Waals surface area contributed by atoms with Gasteiger partial charge in [0.15, 0.2) is 5.60 Å². The lowest BCUT2D eigenvalue weighted by atomic mass is 9.77. The van der Waals surface area contributed by atoms with Gasteiger partial charge in [0.1, 0.15) is 11.5 Å². The van der Waals surface area contributed by atoms with Gasteiger partial charge in [0.2, 0.25) is 0 Å². The summed E-state index contributed by atoms with van der Waals surface area (Å²) in [7, 11) is 1.78. The summed E-state index contributed by atoms with van der Waals surface area (Å²) < 4.78 is 12.5. The second kappa shape index (κ2) is 5.75. The van der Waals surface area contributed by atoms with E-state index in [1.807, 2.05) is 12.1 Å². The van der Waals surface area contributed by atoms with Crippen LogP contribution in [-0.2, 0) is 10.3 Å². The van der Waals surface area contributed by atoms with Gasteiger partial charge in [0.05, 0.1) is 0 Å². The molecule has 1 aliphatic heterocycles. The molecule has 2 heteroatoms. The van der Waals surface area contributed by atoms with E-state index in [2.05, 4.69) is 69.3 Å². The quantitative estimate of drug-likeness (QED) is 0.604. The summed E-state index contributed by atoms with van der Waals surface area (Å²) in [5.41, 5.74) is 6.15. The minimum atomic E-state index is -0.672. The van der Waals surface area contributed by atoms with Crippen LogP contribution in [-0.4, -0.2) is 7.11 Å². The van der Waals surface area contributed by atoms with E-state index in [1.165, 1.54) is 16.7 Å². The molecule has 0 saturated heterocycles. The van der Waals surface area contributed by atoms with Crippen molar-refractivity contribution in [3.63, 3.8) is 0 Å². The Labute approximate surface area is 149 Å². The number of hydrogen-bond acceptors (Lipinski definition) is 2. The first-order valence-electron chi connectivity index (χ1n) is 8.57. The molecule has 0 aromatic heterocycles. The highest BCUT2D eigenvalue weighted by molar-refractivity contribution is 5.62. The van der Waals surface area contributed by atoms with Crippen LogP contribution in [0.4, 0.5) is 0 Å². The molecule has 1 heterocycles. The summed E-state index contributed by atoms with van der Waals surface area (Å²) >= 11 is 0. The predicted molar refractivity (Wildman–Crippen MR) is 101 cm³/mol. The van der Waals surface area contributed by atoms with Crippen LogP contribution in [0.15, 0.2) is 60.7 Å². The van der Waals surface area contributed by atoms with Crippen molar-refractivity contribution in [1.82, 2.24) is 0 Å². The maximum atomic E-state index is 6.29. The topological polar surface area (TPSA) is 18.5 Å². The molecule has 126 valence electrons. The van der Waals surface area contributed by atoms with E-state index in [0.29, 0.717) is 0 Å². The molecule has 0 fully saturated rings. The third-order valence-electron chi connectivity index (χ3n) is 5.01. The largest absolute Gasteiger partial charge is 0.457 e. The molecule has 0 aliphatic carbocycles. The van der Waals surface area contributed by atoms with Crippen molar-refractivity contribution in [1.29, 1.82) is 0 Å². The van der Waals surface area contributed by atoms with E-state index >= 15 is 0 Å². The van der Waals surface area contributed by atoms with Crippen LogP contribution in [0.5, 0.6) is 11.5 Å². The van der Waals surface area contributed by atoms with Crippen molar-refractivity contribution in [2.75, 3.05) is 7.11 Å².